The lowest BCUT2D eigenvalue weighted by Crippen LogP contribution is -2.22. The second-order valence-corrected chi connectivity index (χ2v) is 8.11. The first-order valence-electron chi connectivity index (χ1n) is 10.9. The minimum absolute atomic E-state index is 0.119. The van der Waals surface area contributed by atoms with Crippen molar-refractivity contribution in [1.29, 1.82) is 0 Å². The number of nitrogens with one attached hydrogen (secondary N) is 2. The standard InChI is InChI=1S/C25H28N4O2/c1-29-23(27-25(31)20-11-7-4-8-12-20)17-22(28-29)18-13-15-21(16-14-18)26-24(30)19-9-5-2-3-6-10-19/h4,7-8,11-17,19H,2-3,5-6,9-10H2,1H3,(H,26,30)(H,27,31). The molecule has 1 heterocycles. The van der Waals surface area contributed by atoms with E-state index in [-0.39, 0.29) is 17.7 Å². The van der Waals surface area contributed by atoms with Gasteiger partial charge in [-0.15, -0.1) is 0 Å². The summed E-state index contributed by atoms with van der Waals surface area (Å²) in [6.07, 6.45) is 6.71. The summed E-state index contributed by atoms with van der Waals surface area (Å²) in [6, 6.07) is 18.6. The van der Waals surface area contributed by atoms with Crippen molar-refractivity contribution in [1.82, 2.24) is 9.78 Å². The summed E-state index contributed by atoms with van der Waals surface area (Å²) in [5.74, 6) is 0.688. The Morgan fingerprint density at radius 1 is 0.903 bits per heavy atom. The third kappa shape index (κ3) is 5.20. The van der Waals surface area contributed by atoms with Crippen molar-refractivity contribution in [2.75, 3.05) is 10.6 Å². The molecule has 1 fully saturated rings. The lowest BCUT2D eigenvalue weighted by Gasteiger charge is -2.14. The molecule has 0 unspecified atom stereocenters. The van der Waals surface area contributed by atoms with Crippen LogP contribution in [0.5, 0.6) is 0 Å². The average Bonchev–Trinajstić information content (AvgIpc) is 2.98. The van der Waals surface area contributed by atoms with Gasteiger partial charge in [-0.2, -0.15) is 5.10 Å². The molecule has 0 radical (unpaired) electrons. The Hall–Kier alpha value is -3.41. The molecule has 0 aliphatic heterocycles. The molecule has 3 aromatic rings. The molecule has 0 bridgehead atoms. The fourth-order valence-corrected chi connectivity index (χ4v) is 4.01. The Balaban J connectivity index is 1.41. The van der Waals surface area contributed by atoms with Gasteiger partial charge in [-0.3, -0.25) is 14.3 Å². The molecule has 4 rings (SSSR count). The molecular weight excluding hydrogens is 388 g/mol. The molecule has 2 N–H and O–H groups in total. The smallest absolute Gasteiger partial charge is 0.256 e. The van der Waals surface area contributed by atoms with Crippen molar-refractivity contribution in [3.05, 3.63) is 66.2 Å². The molecule has 31 heavy (non-hydrogen) atoms. The van der Waals surface area contributed by atoms with E-state index in [1.807, 2.05) is 48.5 Å². The van der Waals surface area contributed by atoms with Crippen LogP contribution in [-0.2, 0) is 11.8 Å². The van der Waals surface area contributed by atoms with Crippen LogP contribution in [0.1, 0.15) is 48.9 Å². The third-order valence-corrected chi connectivity index (χ3v) is 5.83. The van der Waals surface area contributed by atoms with Gasteiger partial charge in [0.1, 0.15) is 5.82 Å². The van der Waals surface area contributed by atoms with Gasteiger partial charge in [0.15, 0.2) is 0 Å². The normalized spacial score (nSPS) is 14.6. The van der Waals surface area contributed by atoms with Crippen molar-refractivity contribution in [2.24, 2.45) is 13.0 Å². The zero-order valence-corrected chi connectivity index (χ0v) is 17.8. The SMILES string of the molecule is Cn1nc(-c2ccc(NC(=O)C3CCCCCC3)cc2)cc1NC(=O)c1ccccc1. The fourth-order valence-electron chi connectivity index (χ4n) is 4.01. The molecule has 1 aliphatic rings. The number of nitrogens with zero attached hydrogens (tertiary/aromatic N) is 2. The maximum absolute atomic E-state index is 12.6. The number of carbonyl (C=O) groups is 2. The van der Waals surface area contributed by atoms with Crippen LogP contribution < -0.4 is 10.6 Å². The number of aromatic nitrogens is 2. The van der Waals surface area contributed by atoms with Crippen LogP contribution in [-0.4, -0.2) is 21.6 Å². The molecule has 2 aromatic carbocycles. The number of rotatable bonds is 5. The second-order valence-electron chi connectivity index (χ2n) is 8.11. The highest BCUT2D eigenvalue weighted by molar-refractivity contribution is 6.04. The molecule has 1 saturated carbocycles. The summed E-state index contributed by atoms with van der Waals surface area (Å²) < 4.78 is 1.65. The molecule has 0 saturated heterocycles. The van der Waals surface area contributed by atoms with Gasteiger partial charge in [0.25, 0.3) is 5.91 Å². The van der Waals surface area contributed by atoms with Crippen molar-refractivity contribution >= 4 is 23.3 Å². The summed E-state index contributed by atoms with van der Waals surface area (Å²) in [5, 5.41) is 10.5. The van der Waals surface area contributed by atoms with Crippen LogP contribution in [0.3, 0.4) is 0 Å². The van der Waals surface area contributed by atoms with E-state index in [2.05, 4.69) is 15.7 Å². The number of aryl methyl sites for hydroxylation is 1. The maximum atomic E-state index is 12.6. The first-order valence-corrected chi connectivity index (χ1v) is 10.9. The molecule has 1 aromatic heterocycles. The van der Waals surface area contributed by atoms with Gasteiger partial charge in [-0.1, -0.05) is 56.0 Å². The number of hydrogen-bond acceptors (Lipinski definition) is 3. The Bertz CT molecular complexity index is 1030. The van der Waals surface area contributed by atoms with Crippen LogP contribution in [0, 0.1) is 5.92 Å². The van der Waals surface area contributed by atoms with E-state index >= 15 is 0 Å². The summed E-state index contributed by atoms with van der Waals surface area (Å²) in [7, 11) is 1.80. The Morgan fingerprint density at radius 3 is 2.26 bits per heavy atom. The third-order valence-electron chi connectivity index (χ3n) is 5.83. The average molecular weight is 417 g/mol. The number of amides is 2. The van der Waals surface area contributed by atoms with E-state index in [9.17, 15) is 9.59 Å². The lowest BCUT2D eigenvalue weighted by molar-refractivity contribution is -0.120. The number of carbonyl (C=O) groups excluding carboxylic acids is 2. The maximum Gasteiger partial charge on any atom is 0.256 e. The quantitative estimate of drug-likeness (QED) is 0.558. The lowest BCUT2D eigenvalue weighted by atomic mass is 9.99. The predicted octanol–water partition coefficient (Wildman–Crippen LogP) is 5.25. The Labute approximate surface area is 182 Å². The van der Waals surface area contributed by atoms with Gasteiger partial charge in [-0.25, -0.2) is 0 Å². The minimum Gasteiger partial charge on any atom is -0.326 e. The van der Waals surface area contributed by atoms with Crippen LogP contribution in [0.2, 0.25) is 0 Å². The Morgan fingerprint density at radius 2 is 1.58 bits per heavy atom. The van der Waals surface area contributed by atoms with E-state index in [1.54, 1.807) is 23.9 Å². The minimum atomic E-state index is -0.174. The topological polar surface area (TPSA) is 76.0 Å². The van der Waals surface area contributed by atoms with Gasteiger partial charge < -0.3 is 10.6 Å². The van der Waals surface area contributed by atoms with Crippen LogP contribution in [0.15, 0.2) is 60.7 Å². The first-order chi connectivity index (χ1) is 15.1. The van der Waals surface area contributed by atoms with Crippen LogP contribution in [0.25, 0.3) is 11.3 Å². The molecule has 2 amide bonds. The van der Waals surface area contributed by atoms with Crippen molar-refractivity contribution < 1.29 is 9.59 Å². The van der Waals surface area contributed by atoms with Gasteiger partial charge in [-0.05, 0) is 37.1 Å². The van der Waals surface area contributed by atoms with E-state index in [0.29, 0.717) is 11.4 Å². The van der Waals surface area contributed by atoms with E-state index in [4.69, 9.17) is 0 Å². The summed E-state index contributed by atoms with van der Waals surface area (Å²) in [4.78, 5) is 25.0. The molecule has 1 aliphatic carbocycles. The number of benzene rings is 2. The first kappa shape index (κ1) is 20.8. The summed E-state index contributed by atoms with van der Waals surface area (Å²) in [5.41, 5.74) is 3.07. The highest BCUT2D eigenvalue weighted by Crippen LogP contribution is 2.26. The van der Waals surface area contributed by atoms with E-state index in [0.717, 1.165) is 42.6 Å². The fraction of sp³-hybridized carbons (Fsp3) is 0.320. The molecule has 160 valence electrons. The van der Waals surface area contributed by atoms with E-state index in [1.165, 1.54) is 12.8 Å². The number of anilines is 2. The van der Waals surface area contributed by atoms with Gasteiger partial charge in [0.05, 0.1) is 5.69 Å². The molecule has 0 spiro atoms. The van der Waals surface area contributed by atoms with Crippen molar-refractivity contribution in [3.8, 4) is 11.3 Å². The van der Waals surface area contributed by atoms with Gasteiger partial charge >= 0.3 is 0 Å². The van der Waals surface area contributed by atoms with Gasteiger partial charge in [0.2, 0.25) is 5.91 Å². The summed E-state index contributed by atoms with van der Waals surface area (Å²) in [6.45, 7) is 0. The van der Waals surface area contributed by atoms with Crippen LogP contribution >= 0.6 is 0 Å². The monoisotopic (exact) mass is 416 g/mol. The highest BCUT2D eigenvalue weighted by atomic mass is 16.2. The Kier molecular flexibility index (Phi) is 6.46. The van der Waals surface area contributed by atoms with Crippen molar-refractivity contribution in [2.45, 2.75) is 38.5 Å². The van der Waals surface area contributed by atoms with E-state index < -0.39 is 0 Å². The molecule has 6 nitrogen and oxygen atoms in total. The summed E-state index contributed by atoms with van der Waals surface area (Å²) >= 11 is 0. The van der Waals surface area contributed by atoms with Crippen molar-refractivity contribution in [3.63, 3.8) is 0 Å². The molecule has 0 atom stereocenters. The second kappa shape index (κ2) is 9.60. The predicted molar refractivity (Wildman–Crippen MR) is 123 cm³/mol. The van der Waals surface area contributed by atoms with Gasteiger partial charge in [0, 0.05) is 35.8 Å². The molecular formula is C25H28N4O2. The number of hydrogen-bond donors (Lipinski definition) is 2. The highest BCUT2D eigenvalue weighted by Gasteiger charge is 2.20. The largest absolute Gasteiger partial charge is 0.326 e. The molecule has 6 heteroatoms. The zero-order valence-electron chi connectivity index (χ0n) is 17.8. The van der Waals surface area contributed by atoms with Crippen LogP contribution in [0.4, 0.5) is 11.5 Å². The zero-order chi connectivity index (χ0) is 21.6.